The SMILES string of the molecule is C[C@@H](NC(=O)c1cc([N+](=O)[O-])cc([N+](=O)[O-])c1)C(F)(F)F. The Hall–Kier alpha value is -2.72. The fraction of sp³-hybridized carbons (Fsp3) is 0.300. The molecule has 0 heterocycles. The van der Waals surface area contributed by atoms with Crippen LogP contribution in [0.2, 0.25) is 0 Å². The molecule has 0 spiro atoms. The molecule has 114 valence electrons. The average molecular weight is 307 g/mol. The Morgan fingerprint density at radius 2 is 1.57 bits per heavy atom. The van der Waals surface area contributed by atoms with E-state index in [0.717, 1.165) is 0 Å². The zero-order valence-electron chi connectivity index (χ0n) is 10.4. The van der Waals surface area contributed by atoms with E-state index < -0.39 is 44.9 Å². The molecule has 0 bridgehead atoms. The van der Waals surface area contributed by atoms with Gasteiger partial charge in [0, 0.05) is 12.1 Å². The van der Waals surface area contributed by atoms with Crippen molar-refractivity contribution in [1.29, 1.82) is 0 Å². The second-order valence-electron chi connectivity index (χ2n) is 3.99. The Balaban J connectivity index is 3.14. The molecule has 21 heavy (non-hydrogen) atoms. The van der Waals surface area contributed by atoms with Gasteiger partial charge in [0.2, 0.25) is 0 Å². The molecule has 0 aromatic heterocycles. The van der Waals surface area contributed by atoms with E-state index in [4.69, 9.17) is 0 Å². The molecule has 0 radical (unpaired) electrons. The van der Waals surface area contributed by atoms with Gasteiger partial charge in [-0.05, 0) is 6.92 Å². The highest BCUT2D eigenvalue weighted by Gasteiger charge is 2.37. The number of nitro groups is 2. The van der Waals surface area contributed by atoms with Crippen LogP contribution >= 0.6 is 0 Å². The lowest BCUT2D eigenvalue weighted by atomic mass is 10.1. The van der Waals surface area contributed by atoms with Crippen molar-refractivity contribution < 1.29 is 27.8 Å². The predicted molar refractivity (Wildman–Crippen MR) is 62.7 cm³/mol. The summed E-state index contributed by atoms with van der Waals surface area (Å²) in [6.07, 6.45) is -4.71. The molecule has 0 saturated heterocycles. The number of carbonyl (C=O) groups is 1. The van der Waals surface area contributed by atoms with Gasteiger partial charge in [-0.1, -0.05) is 0 Å². The molecule has 0 aliphatic rings. The maximum absolute atomic E-state index is 12.3. The van der Waals surface area contributed by atoms with E-state index >= 15 is 0 Å². The summed E-state index contributed by atoms with van der Waals surface area (Å²) in [7, 11) is 0. The Kier molecular flexibility index (Phi) is 4.45. The van der Waals surface area contributed by atoms with Gasteiger partial charge in [-0.2, -0.15) is 13.2 Å². The zero-order valence-corrected chi connectivity index (χ0v) is 10.4. The summed E-state index contributed by atoms with van der Waals surface area (Å²) in [6, 6.07) is -0.288. The van der Waals surface area contributed by atoms with Gasteiger partial charge in [-0.25, -0.2) is 0 Å². The van der Waals surface area contributed by atoms with Crippen LogP contribution in [0, 0.1) is 20.2 Å². The molecule has 0 unspecified atom stereocenters. The standard InChI is InChI=1S/C10H8F3N3O5/c1-5(10(11,12)13)14-9(17)6-2-7(15(18)19)4-8(3-6)16(20)21/h2-5H,1H3,(H,14,17)/t5-/m1/s1. The first-order chi connectivity index (χ1) is 9.52. The molecule has 11 heteroatoms. The number of hydrogen-bond donors (Lipinski definition) is 1. The summed E-state index contributed by atoms with van der Waals surface area (Å²) in [5, 5.41) is 22.8. The highest BCUT2D eigenvalue weighted by atomic mass is 19.4. The van der Waals surface area contributed by atoms with E-state index in [0.29, 0.717) is 25.1 Å². The van der Waals surface area contributed by atoms with Crippen LogP contribution in [-0.4, -0.2) is 28.0 Å². The van der Waals surface area contributed by atoms with Gasteiger partial charge < -0.3 is 5.32 Å². The van der Waals surface area contributed by atoms with Crippen molar-refractivity contribution in [1.82, 2.24) is 5.32 Å². The van der Waals surface area contributed by atoms with E-state index in [9.17, 15) is 38.2 Å². The molecule has 0 fully saturated rings. The molecular weight excluding hydrogens is 299 g/mol. The minimum Gasteiger partial charge on any atom is -0.341 e. The lowest BCUT2D eigenvalue weighted by molar-refractivity contribution is -0.394. The van der Waals surface area contributed by atoms with E-state index in [1.54, 1.807) is 5.32 Å². The third-order valence-electron chi connectivity index (χ3n) is 2.42. The minimum absolute atomic E-state index is 0.601. The van der Waals surface area contributed by atoms with Crippen LogP contribution in [0.5, 0.6) is 0 Å². The number of hydrogen-bond acceptors (Lipinski definition) is 5. The van der Waals surface area contributed by atoms with Crippen LogP contribution in [0.15, 0.2) is 18.2 Å². The van der Waals surface area contributed by atoms with Crippen LogP contribution in [0.3, 0.4) is 0 Å². The Labute approximate surface area is 114 Å². The number of amides is 1. The maximum Gasteiger partial charge on any atom is 0.408 e. The molecule has 1 rings (SSSR count). The number of non-ortho nitro benzene ring substituents is 2. The summed E-state index contributed by atoms with van der Waals surface area (Å²) in [5.41, 5.74) is -2.14. The number of nitro benzene ring substituents is 2. The monoisotopic (exact) mass is 307 g/mol. The van der Waals surface area contributed by atoms with Gasteiger partial charge >= 0.3 is 6.18 Å². The quantitative estimate of drug-likeness (QED) is 0.676. The number of alkyl halides is 3. The van der Waals surface area contributed by atoms with Crippen LogP contribution in [-0.2, 0) is 0 Å². The van der Waals surface area contributed by atoms with Crippen molar-refractivity contribution in [3.63, 3.8) is 0 Å². The van der Waals surface area contributed by atoms with E-state index in [2.05, 4.69) is 0 Å². The van der Waals surface area contributed by atoms with Crippen LogP contribution in [0.4, 0.5) is 24.5 Å². The Morgan fingerprint density at radius 3 is 1.90 bits per heavy atom. The predicted octanol–water partition coefficient (Wildman–Crippen LogP) is 2.18. The van der Waals surface area contributed by atoms with Gasteiger partial charge in [0.1, 0.15) is 6.04 Å². The molecule has 1 atom stereocenters. The van der Waals surface area contributed by atoms with Crippen molar-refractivity contribution in [2.45, 2.75) is 19.1 Å². The smallest absolute Gasteiger partial charge is 0.341 e. The minimum atomic E-state index is -4.71. The summed E-state index contributed by atoms with van der Waals surface area (Å²) < 4.78 is 36.9. The molecule has 0 aliphatic carbocycles. The van der Waals surface area contributed by atoms with Crippen molar-refractivity contribution >= 4 is 17.3 Å². The second kappa shape index (κ2) is 5.73. The van der Waals surface area contributed by atoms with Crippen LogP contribution < -0.4 is 5.32 Å². The number of nitrogens with one attached hydrogen (secondary N) is 1. The van der Waals surface area contributed by atoms with Crippen molar-refractivity contribution in [2.75, 3.05) is 0 Å². The number of rotatable bonds is 4. The van der Waals surface area contributed by atoms with E-state index in [-0.39, 0.29) is 0 Å². The first-order valence-corrected chi connectivity index (χ1v) is 5.34. The molecule has 0 saturated carbocycles. The van der Waals surface area contributed by atoms with Crippen molar-refractivity contribution in [3.05, 3.63) is 44.0 Å². The van der Waals surface area contributed by atoms with Gasteiger partial charge in [0.05, 0.1) is 21.5 Å². The topological polar surface area (TPSA) is 115 Å². The Bertz CT molecular complexity index is 570. The molecule has 0 aliphatic heterocycles. The second-order valence-corrected chi connectivity index (χ2v) is 3.99. The van der Waals surface area contributed by atoms with E-state index in [1.165, 1.54) is 0 Å². The molecule has 8 nitrogen and oxygen atoms in total. The highest BCUT2D eigenvalue weighted by Crippen LogP contribution is 2.24. The Morgan fingerprint density at radius 1 is 1.14 bits per heavy atom. The lowest BCUT2D eigenvalue weighted by Crippen LogP contribution is -2.43. The van der Waals surface area contributed by atoms with Gasteiger partial charge in [0.15, 0.2) is 0 Å². The van der Waals surface area contributed by atoms with Crippen molar-refractivity contribution in [2.24, 2.45) is 0 Å². The third-order valence-corrected chi connectivity index (χ3v) is 2.42. The lowest BCUT2D eigenvalue weighted by Gasteiger charge is -2.16. The average Bonchev–Trinajstić information content (AvgIpc) is 2.36. The molecular formula is C10H8F3N3O5. The third kappa shape index (κ3) is 4.12. The van der Waals surface area contributed by atoms with Crippen LogP contribution in [0.25, 0.3) is 0 Å². The fourth-order valence-electron chi connectivity index (χ4n) is 1.30. The molecule has 1 N–H and O–H groups in total. The van der Waals surface area contributed by atoms with Gasteiger partial charge in [-0.15, -0.1) is 0 Å². The normalized spacial score (nSPS) is 12.6. The summed E-state index contributed by atoms with van der Waals surface area (Å²) in [6.45, 7) is 0.670. The van der Waals surface area contributed by atoms with Gasteiger partial charge in [-0.3, -0.25) is 25.0 Å². The van der Waals surface area contributed by atoms with Crippen LogP contribution in [0.1, 0.15) is 17.3 Å². The molecule has 1 amide bonds. The molecule has 1 aromatic carbocycles. The summed E-state index contributed by atoms with van der Waals surface area (Å²) in [4.78, 5) is 30.8. The molecule has 1 aromatic rings. The fourth-order valence-corrected chi connectivity index (χ4v) is 1.30. The largest absolute Gasteiger partial charge is 0.408 e. The first kappa shape index (κ1) is 16.3. The van der Waals surface area contributed by atoms with E-state index in [1.807, 2.05) is 0 Å². The maximum atomic E-state index is 12.3. The highest BCUT2D eigenvalue weighted by molar-refractivity contribution is 5.95. The summed E-state index contributed by atoms with van der Waals surface area (Å²) >= 11 is 0. The zero-order chi connectivity index (χ0) is 16.4. The number of halogens is 3. The number of carbonyl (C=O) groups excluding carboxylic acids is 1. The van der Waals surface area contributed by atoms with Crippen molar-refractivity contribution in [3.8, 4) is 0 Å². The number of benzene rings is 1. The first-order valence-electron chi connectivity index (χ1n) is 5.34. The number of nitrogens with zero attached hydrogens (tertiary/aromatic N) is 2. The summed E-state index contributed by atoms with van der Waals surface area (Å²) in [5.74, 6) is -1.30. The van der Waals surface area contributed by atoms with Gasteiger partial charge in [0.25, 0.3) is 17.3 Å².